The highest BCUT2D eigenvalue weighted by Gasteiger charge is 2.22. The molecule has 0 aromatic heterocycles. The summed E-state index contributed by atoms with van der Waals surface area (Å²) in [5.74, 6) is 0.753. The van der Waals surface area contributed by atoms with E-state index in [4.69, 9.17) is 14.2 Å². The van der Waals surface area contributed by atoms with Gasteiger partial charge >= 0.3 is 5.97 Å². The summed E-state index contributed by atoms with van der Waals surface area (Å²) in [5, 5.41) is 0. The Labute approximate surface area is 187 Å². The Bertz CT molecular complexity index is 482. The van der Waals surface area contributed by atoms with Crippen LogP contribution in [0.15, 0.2) is 18.2 Å². The first-order valence-corrected chi connectivity index (χ1v) is 11.4. The van der Waals surface area contributed by atoms with Crippen LogP contribution >= 0.6 is 0 Å². The van der Waals surface area contributed by atoms with Crippen molar-refractivity contribution in [1.29, 1.82) is 0 Å². The molecular weight excluding hydrogens is 378 g/mol. The van der Waals surface area contributed by atoms with Gasteiger partial charge < -0.3 is 20.4 Å². The zero-order valence-corrected chi connectivity index (χ0v) is 21.8. The van der Waals surface area contributed by atoms with Crippen LogP contribution in [-0.2, 0) is 14.3 Å². The number of benzene rings is 1. The molecule has 0 amide bonds. The van der Waals surface area contributed by atoms with Crippen LogP contribution < -0.4 is 10.9 Å². The number of hydrogen-bond donors (Lipinski definition) is 1. The number of carbonyl (C=O) groups excluding carboxylic acids is 1. The molecule has 1 fully saturated rings. The van der Waals surface area contributed by atoms with Gasteiger partial charge in [-0.2, -0.15) is 0 Å². The summed E-state index contributed by atoms with van der Waals surface area (Å²) in [4.78, 5) is 10.9. The number of esters is 1. The van der Waals surface area contributed by atoms with Crippen molar-refractivity contribution in [3.05, 3.63) is 29.3 Å². The molecule has 1 heterocycles. The molecule has 0 unspecified atom stereocenters. The van der Waals surface area contributed by atoms with E-state index in [0.29, 0.717) is 11.7 Å². The third-order valence-corrected chi connectivity index (χ3v) is 3.27. The molecule has 3 N–H and O–H groups in total. The van der Waals surface area contributed by atoms with Crippen molar-refractivity contribution in [1.82, 2.24) is 6.15 Å². The Hall–Kier alpha value is -1.43. The Morgan fingerprint density at radius 2 is 1.40 bits per heavy atom. The highest BCUT2D eigenvalue weighted by Crippen LogP contribution is 2.29. The van der Waals surface area contributed by atoms with Gasteiger partial charge in [0, 0.05) is 18.4 Å². The zero-order chi connectivity index (χ0) is 23.2. The van der Waals surface area contributed by atoms with E-state index >= 15 is 0 Å². The van der Waals surface area contributed by atoms with Gasteiger partial charge in [0.1, 0.15) is 5.75 Å². The van der Waals surface area contributed by atoms with Gasteiger partial charge in [-0.05, 0) is 31.0 Å². The van der Waals surface area contributed by atoms with Crippen LogP contribution in [0.2, 0.25) is 0 Å². The highest BCUT2D eigenvalue weighted by atomic mass is 16.7. The van der Waals surface area contributed by atoms with E-state index in [0.717, 1.165) is 30.8 Å². The van der Waals surface area contributed by atoms with E-state index in [9.17, 15) is 4.79 Å². The lowest BCUT2D eigenvalue weighted by Gasteiger charge is -2.29. The van der Waals surface area contributed by atoms with Crippen LogP contribution in [0.1, 0.15) is 106 Å². The lowest BCUT2D eigenvalue weighted by molar-refractivity contribution is -0.205. The lowest BCUT2D eigenvalue weighted by atomic mass is 10.1. The molecule has 1 saturated heterocycles. The Kier molecular flexibility index (Phi) is 30.7. The van der Waals surface area contributed by atoms with Gasteiger partial charge in [0.05, 0.1) is 13.2 Å². The molecule has 0 radical (unpaired) electrons. The summed E-state index contributed by atoms with van der Waals surface area (Å²) in [5.41, 5.74) is 1.86. The Morgan fingerprint density at radius 1 is 0.967 bits per heavy atom. The summed E-state index contributed by atoms with van der Waals surface area (Å²) >= 11 is 0. The second-order valence-electron chi connectivity index (χ2n) is 6.31. The monoisotopic (exact) mass is 429 g/mol. The number of carbonyl (C=O) groups is 1. The van der Waals surface area contributed by atoms with Crippen molar-refractivity contribution in [3.8, 4) is 5.75 Å². The minimum absolute atomic E-state index is 0. The Morgan fingerprint density at radius 3 is 1.73 bits per heavy atom. The number of aryl methyl sites for hydroxylation is 1. The summed E-state index contributed by atoms with van der Waals surface area (Å²) in [6.45, 7) is 23.4. The molecule has 180 valence electrons. The van der Waals surface area contributed by atoms with Gasteiger partial charge in [0.25, 0.3) is 0 Å². The second-order valence-corrected chi connectivity index (χ2v) is 6.31. The predicted octanol–water partition coefficient (Wildman–Crippen LogP) is 8.04. The van der Waals surface area contributed by atoms with Crippen LogP contribution in [0.25, 0.3) is 0 Å². The fraction of sp³-hybridized carbons (Fsp3) is 0.720. The number of ether oxygens (including phenoxy) is 3. The molecular formula is C25H51NO4. The smallest absolute Gasteiger partial charge is 0.308 e. The largest absolute Gasteiger partial charge is 0.426 e. The van der Waals surface area contributed by atoms with E-state index < -0.39 is 0 Å². The molecule has 0 saturated carbocycles. The van der Waals surface area contributed by atoms with Crippen LogP contribution in [0.3, 0.4) is 0 Å². The van der Waals surface area contributed by atoms with Crippen LogP contribution in [0.4, 0.5) is 0 Å². The number of hydrogen-bond acceptors (Lipinski definition) is 5. The minimum atomic E-state index is -0.313. The maximum absolute atomic E-state index is 10.9. The first-order chi connectivity index (χ1) is 13.9. The lowest BCUT2D eigenvalue weighted by Crippen LogP contribution is -2.26. The van der Waals surface area contributed by atoms with Crippen molar-refractivity contribution in [2.24, 2.45) is 5.92 Å². The van der Waals surface area contributed by atoms with Gasteiger partial charge in [0.2, 0.25) is 0 Å². The van der Waals surface area contributed by atoms with Crippen LogP contribution in [-0.4, -0.2) is 19.2 Å². The molecule has 5 nitrogen and oxygen atoms in total. The summed E-state index contributed by atoms with van der Waals surface area (Å²) in [7, 11) is 0. The van der Waals surface area contributed by atoms with Crippen molar-refractivity contribution < 1.29 is 19.0 Å². The van der Waals surface area contributed by atoms with Crippen LogP contribution in [0.5, 0.6) is 5.75 Å². The molecule has 30 heavy (non-hydrogen) atoms. The van der Waals surface area contributed by atoms with Crippen molar-refractivity contribution in [3.63, 3.8) is 0 Å². The van der Waals surface area contributed by atoms with Crippen molar-refractivity contribution in [2.75, 3.05) is 13.2 Å². The standard InChI is InChI=1S/C15H20O4.2C3H8.2C2H6.H3N/c1-4-12-8-17-15(18-9-12)13-5-6-14(10(2)7-13)19-11(3)16;2*1-3-2;2*1-2;/h5-7,12,15H,4,8-9H2,1-3H3;2*3H2,1-2H3;2*1-2H3;1H3. The SMILES string of the molecule is CC.CC.CCC.CCC.CCC1COC(c2ccc(OC(C)=O)c(C)c2)OC1.N. The average Bonchev–Trinajstić information content (AvgIpc) is 2.73. The molecule has 5 heteroatoms. The third kappa shape index (κ3) is 17.4. The van der Waals surface area contributed by atoms with Gasteiger partial charge in [-0.1, -0.05) is 81.2 Å². The second kappa shape index (κ2) is 25.6. The Balaban J connectivity index is -0.000000265. The first kappa shape index (κ1) is 36.0. The van der Waals surface area contributed by atoms with E-state index in [-0.39, 0.29) is 18.4 Å². The maximum atomic E-state index is 10.9. The fourth-order valence-electron chi connectivity index (χ4n) is 2.06. The fourth-order valence-corrected chi connectivity index (χ4v) is 2.06. The highest BCUT2D eigenvalue weighted by molar-refractivity contribution is 5.69. The van der Waals surface area contributed by atoms with E-state index in [2.05, 4.69) is 34.6 Å². The summed E-state index contributed by atoms with van der Waals surface area (Å²) in [6, 6.07) is 5.60. The molecule has 1 aliphatic heterocycles. The minimum Gasteiger partial charge on any atom is -0.426 e. The topological polar surface area (TPSA) is 79.8 Å². The third-order valence-electron chi connectivity index (χ3n) is 3.27. The van der Waals surface area contributed by atoms with E-state index in [1.165, 1.54) is 19.8 Å². The van der Waals surface area contributed by atoms with E-state index in [1.54, 1.807) is 6.07 Å². The molecule has 0 atom stereocenters. The quantitative estimate of drug-likeness (QED) is 0.388. The predicted molar refractivity (Wildman–Crippen MR) is 131 cm³/mol. The van der Waals surface area contributed by atoms with Crippen molar-refractivity contribution >= 4 is 5.97 Å². The van der Waals surface area contributed by atoms with Crippen LogP contribution in [0, 0.1) is 12.8 Å². The maximum Gasteiger partial charge on any atom is 0.308 e. The molecule has 0 spiro atoms. The summed E-state index contributed by atoms with van der Waals surface area (Å²) in [6.07, 6.45) is 3.25. The summed E-state index contributed by atoms with van der Waals surface area (Å²) < 4.78 is 16.5. The molecule has 1 aromatic rings. The van der Waals surface area contributed by atoms with Gasteiger partial charge in [-0.3, -0.25) is 4.79 Å². The van der Waals surface area contributed by atoms with Gasteiger partial charge in [0.15, 0.2) is 6.29 Å². The molecule has 1 aromatic carbocycles. The average molecular weight is 430 g/mol. The van der Waals surface area contributed by atoms with E-state index in [1.807, 2.05) is 46.8 Å². The molecule has 0 aliphatic carbocycles. The van der Waals surface area contributed by atoms with Crippen molar-refractivity contribution in [2.45, 2.75) is 102 Å². The van der Waals surface area contributed by atoms with Gasteiger partial charge in [-0.15, -0.1) is 0 Å². The normalized spacial score (nSPS) is 16.2. The number of rotatable bonds is 3. The molecule has 2 rings (SSSR count). The zero-order valence-electron chi connectivity index (χ0n) is 21.8. The first-order valence-electron chi connectivity index (χ1n) is 11.4. The van der Waals surface area contributed by atoms with Gasteiger partial charge in [-0.25, -0.2) is 0 Å². The molecule has 1 aliphatic rings. The molecule has 0 bridgehead atoms.